The van der Waals surface area contributed by atoms with Gasteiger partial charge in [-0.3, -0.25) is 0 Å². The fraction of sp³-hybridized carbons (Fsp3) is 0.345. The molecule has 1 aliphatic rings. The molecule has 6 heteroatoms. The van der Waals surface area contributed by atoms with Crippen molar-refractivity contribution in [1.82, 2.24) is 10.6 Å². The molecule has 0 saturated heterocycles. The van der Waals surface area contributed by atoms with Gasteiger partial charge in [-0.25, -0.2) is 4.79 Å². The van der Waals surface area contributed by atoms with Gasteiger partial charge in [-0.05, 0) is 67.1 Å². The number of methoxy groups -OCH3 is 1. The van der Waals surface area contributed by atoms with E-state index < -0.39 is 11.7 Å². The molecule has 0 bridgehead atoms. The van der Waals surface area contributed by atoms with Crippen LogP contribution in [0, 0.1) is 0 Å². The highest BCUT2D eigenvalue weighted by Crippen LogP contribution is 2.38. The molecule has 1 aliphatic heterocycles. The van der Waals surface area contributed by atoms with Crippen molar-refractivity contribution in [3.63, 3.8) is 0 Å². The number of carbonyl (C=O) groups excluding carboxylic acids is 1. The Morgan fingerprint density at radius 2 is 1.74 bits per heavy atom. The van der Waals surface area contributed by atoms with E-state index in [1.165, 1.54) is 5.56 Å². The first-order valence-electron chi connectivity index (χ1n) is 12.0. The molecular formula is C29H34N2O4. The summed E-state index contributed by atoms with van der Waals surface area (Å²) in [5.74, 6) is 1.45. The van der Waals surface area contributed by atoms with Crippen LogP contribution in [-0.4, -0.2) is 25.3 Å². The molecule has 35 heavy (non-hydrogen) atoms. The van der Waals surface area contributed by atoms with E-state index in [1.807, 2.05) is 69.3 Å². The fourth-order valence-electron chi connectivity index (χ4n) is 4.31. The predicted molar refractivity (Wildman–Crippen MR) is 137 cm³/mol. The third-order valence-electron chi connectivity index (χ3n) is 5.90. The summed E-state index contributed by atoms with van der Waals surface area (Å²) in [6.07, 6.45) is 0.474. The number of fused-ring (bicyclic) bond motifs is 1. The zero-order valence-corrected chi connectivity index (χ0v) is 20.9. The van der Waals surface area contributed by atoms with Crippen LogP contribution in [0.25, 0.3) is 0 Å². The van der Waals surface area contributed by atoms with Crippen molar-refractivity contribution >= 4 is 6.09 Å². The van der Waals surface area contributed by atoms with Crippen molar-refractivity contribution in [3.05, 3.63) is 94.5 Å². The van der Waals surface area contributed by atoms with E-state index >= 15 is 0 Å². The minimum atomic E-state index is -0.537. The summed E-state index contributed by atoms with van der Waals surface area (Å²) >= 11 is 0. The maximum absolute atomic E-state index is 12.2. The average Bonchev–Trinajstić information content (AvgIpc) is 2.85. The standard InChI is InChI=1S/C29H34N2O4/c1-29(2,3)35-28(32)31-18-22-12-8-9-13-23(22)27-24-17-25(33-4)26(16-21(24)14-15-30-27)34-19-20-10-6-5-7-11-20/h5-13,16-17,27,30H,14-15,18-19H2,1-4H3,(H,31,32). The molecule has 2 N–H and O–H groups in total. The number of rotatable bonds is 7. The first kappa shape index (κ1) is 24.6. The van der Waals surface area contributed by atoms with E-state index in [9.17, 15) is 4.79 Å². The SMILES string of the molecule is COc1cc2c(cc1OCc1ccccc1)CCNC2c1ccccc1CNC(=O)OC(C)(C)C. The number of benzene rings is 3. The first-order chi connectivity index (χ1) is 16.8. The normalized spacial score (nSPS) is 15.1. The fourth-order valence-corrected chi connectivity index (χ4v) is 4.31. The topological polar surface area (TPSA) is 68.8 Å². The maximum Gasteiger partial charge on any atom is 0.407 e. The molecule has 0 saturated carbocycles. The lowest BCUT2D eigenvalue weighted by Gasteiger charge is -2.30. The van der Waals surface area contributed by atoms with Crippen molar-refractivity contribution < 1.29 is 19.0 Å². The van der Waals surface area contributed by atoms with Gasteiger partial charge >= 0.3 is 6.09 Å². The number of nitrogens with one attached hydrogen (secondary N) is 2. The molecular weight excluding hydrogens is 440 g/mol. The highest BCUT2D eigenvalue weighted by molar-refractivity contribution is 5.67. The van der Waals surface area contributed by atoms with Crippen molar-refractivity contribution in [2.24, 2.45) is 0 Å². The zero-order valence-electron chi connectivity index (χ0n) is 20.9. The van der Waals surface area contributed by atoms with Gasteiger partial charge < -0.3 is 24.8 Å². The van der Waals surface area contributed by atoms with Crippen LogP contribution in [0.2, 0.25) is 0 Å². The van der Waals surface area contributed by atoms with Crippen LogP contribution < -0.4 is 20.1 Å². The Morgan fingerprint density at radius 1 is 1.00 bits per heavy atom. The van der Waals surface area contributed by atoms with E-state index in [-0.39, 0.29) is 6.04 Å². The molecule has 0 spiro atoms. The molecule has 0 aromatic heterocycles. The Labute approximate surface area is 207 Å². The average molecular weight is 475 g/mol. The minimum Gasteiger partial charge on any atom is -0.493 e. The van der Waals surface area contributed by atoms with Gasteiger partial charge in [-0.1, -0.05) is 54.6 Å². The molecule has 184 valence electrons. The van der Waals surface area contributed by atoms with Gasteiger partial charge in [-0.15, -0.1) is 0 Å². The van der Waals surface area contributed by atoms with Crippen LogP contribution in [0.1, 0.15) is 54.6 Å². The lowest BCUT2D eigenvalue weighted by Crippen LogP contribution is -2.34. The number of hydrogen-bond acceptors (Lipinski definition) is 5. The van der Waals surface area contributed by atoms with Gasteiger partial charge in [0.1, 0.15) is 12.2 Å². The number of alkyl carbamates (subject to hydrolysis) is 1. The molecule has 6 nitrogen and oxygen atoms in total. The summed E-state index contributed by atoms with van der Waals surface area (Å²) in [5.41, 5.74) is 5.11. The molecule has 3 aromatic carbocycles. The van der Waals surface area contributed by atoms with Crippen LogP contribution in [0.3, 0.4) is 0 Å². The maximum atomic E-state index is 12.2. The highest BCUT2D eigenvalue weighted by Gasteiger charge is 2.26. The molecule has 1 unspecified atom stereocenters. The second-order valence-electron chi connectivity index (χ2n) is 9.67. The Bertz CT molecular complexity index is 1160. The van der Waals surface area contributed by atoms with Gasteiger partial charge in [0, 0.05) is 13.1 Å². The molecule has 0 aliphatic carbocycles. The molecule has 4 rings (SSSR count). The van der Waals surface area contributed by atoms with Crippen LogP contribution in [0.5, 0.6) is 11.5 Å². The summed E-state index contributed by atoms with van der Waals surface area (Å²) < 4.78 is 17.3. The van der Waals surface area contributed by atoms with Crippen LogP contribution >= 0.6 is 0 Å². The number of carbonyl (C=O) groups is 1. The Kier molecular flexibility index (Phi) is 7.61. The zero-order chi connectivity index (χ0) is 24.8. The summed E-state index contributed by atoms with van der Waals surface area (Å²) in [6, 6.07) is 22.4. The predicted octanol–water partition coefficient (Wildman–Crippen LogP) is 5.53. The Balaban J connectivity index is 1.57. The molecule has 1 atom stereocenters. The first-order valence-corrected chi connectivity index (χ1v) is 12.0. The van der Waals surface area contributed by atoms with Gasteiger partial charge in [0.15, 0.2) is 11.5 Å². The van der Waals surface area contributed by atoms with E-state index in [2.05, 4.69) is 28.8 Å². The summed E-state index contributed by atoms with van der Waals surface area (Å²) in [7, 11) is 1.67. The van der Waals surface area contributed by atoms with Crippen LogP contribution in [-0.2, 0) is 24.3 Å². The quantitative estimate of drug-likeness (QED) is 0.471. The van der Waals surface area contributed by atoms with Crippen molar-refractivity contribution in [3.8, 4) is 11.5 Å². The van der Waals surface area contributed by atoms with Crippen molar-refractivity contribution in [2.75, 3.05) is 13.7 Å². The lowest BCUT2D eigenvalue weighted by molar-refractivity contribution is 0.0523. The number of amides is 1. The minimum absolute atomic E-state index is 0.0209. The summed E-state index contributed by atoms with van der Waals surface area (Å²) in [6.45, 7) is 7.28. The smallest absolute Gasteiger partial charge is 0.407 e. The monoisotopic (exact) mass is 474 g/mol. The number of ether oxygens (including phenoxy) is 3. The van der Waals surface area contributed by atoms with Crippen molar-refractivity contribution in [1.29, 1.82) is 0 Å². The van der Waals surface area contributed by atoms with Gasteiger partial charge in [0.25, 0.3) is 0 Å². The number of hydrogen-bond donors (Lipinski definition) is 2. The third kappa shape index (κ3) is 6.34. The second-order valence-corrected chi connectivity index (χ2v) is 9.67. The van der Waals surface area contributed by atoms with Gasteiger partial charge in [-0.2, -0.15) is 0 Å². The molecule has 1 amide bonds. The van der Waals surface area contributed by atoms with Gasteiger partial charge in [0.05, 0.1) is 13.2 Å². The van der Waals surface area contributed by atoms with E-state index in [4.69, 9.17) is 14.2 Å². The largest absolute Gasteiger partial charge is 0.493 e. The lowest BCUT2D eigenvalue weighted by atomic mass is 9.87. The summed E-state index contributed by atoms with van der Waals surface area (Å²) in [4.78, 5) is 12.2. The van der Waals surface area contributed by atoms with E-state index in [1.54, 1.807) is 7.11 Å². The van der Waals surface area contributed by atoms with Crippen LogP contribution in [0.15, 0.2) is 66.7 Å². The summed E-state index contributed by atoms with van der Waals surface area (Å²) in [5, 5.41) is 6.54. The Hall–Kier alpha value is -3.51. The van der Waals surface area contributed by atoms with E-state index in [0.29, 0.717) is 18.9 Å². The van der Waals surface area contributed by atoms with E-state index in [0.717, 1.165) is 41.0 Å². The molecule has 0 fully saturated rings. The Morgan fingerprint density at radius 3 is 2.49 bits per heavy atom. The van der Waals surface area contributed by atoms with Gasteiger partial charge in [0.2, 0.25) is 0 Å². The second kappa shape index (κ2) is 10.8. The van der Waals surface area contributed by atoms with Crippen LogP contribution in [0.4, 0.5) is 4.79 Å². The third-order valence-corrected chi connectivity index (χ3v) is 5.90. The molecule has 1 heterocycles. The van der Waals surface area contributed by atoms with Crippen molar-refractivity contribution in [2.45, 2.75) is 52.0 Å². The molecule has 0 radical (unpaired) electrons. The molecule has 3 aromatic rings. The highest BCUT2D eigenvalue weighted by atomic mass is 16.6.